The predicted octanol–water partition coefficient (Wildman–Crippen LogP) is 5.17. The van der Waals surface area contributed by atoms with Gasteiger partial charge in [-0.2, -0.15) is 0 Å². The molecule has 5 nitrogen and oxygen atoms in total. The number of thiophene rings is 1. The van der Waals surface area contributed by atoms with E-state index in [2.05, 4.69) is 5.32 Å². The fraction of sp³-hybridized carbons (Fsp3) is 0.200. The van der Waals surface area contributed by atoms with E-state index in [1.807, 2.05) is 36.4 Å². The van der Waals surface area contributed by atoms with Crippen molar-refractivity contribution in [3.63, 3.8) is 0 Å². The van der Waals surface area contributed by atoms with Crippen LogP contribution in [-0.2, 0) is 0 Å². The Morgan fingerprint density at radius 2 is 1.97 bits per heavy atom. The van der Waals surface area contributed by atoms with E-state index in [9.17, 15) is 9.59 Å². The van der Waals surface area contributed by atoms with Gasteiger partial charge in [0, 0.05) is 40.0 Å². The van der Waals surface area contributed by atoms with Crippen molar-refractivity contribution >= 4 is 38.8 Å². The van der Waals surface area contributed by atoms with Crippen molar-refractivity contribution < 1.29 is 9.53 Å². The first-order valence-electron chi connectivity index (χ1n) is 10.4. The maximum Gasteiger partial charge on any atom is 0.273 e. The first-order chi connectivity index (χ1) is 15.5. The maximum absolute atomic E-state index is 13.3. The van der Waals surface area contributed by atoms with Gasteiger partial charge in [0.25, 0.3) is 5.56 Å². The first-order valence-corrected chi connectivity index (χ1v) is 11.6. The zero-order chi connectivity index (χ0) is 22.2. The Bertz CT molecular complexity index is 1370. The molecule has 1 N–H and O–H groups in total. The number of carbonyl (C=O) groups is 1. The summed E-state index contributed by atoms with van der Waals surface area (Å²) in [5.74, 6) is 0.526. The Labute approximate surface area is 194 Å². The highest BCUT2D eigenvalue weighted by molar-refractivity contribution is 7.22. The van der Waals surface area contributed by atoms with Crippen molar-refractivity contribution in [3.8, 4) is 21.9 Å². The number of nitrogens with one attached hydrogen (secondary N) is 1. The molecule has 1 saturated heterocycles. The van der Waals surface area contributed by atoms with Crippen molar-refractivity contribution in [2.75, 3.05) is 20.2 Å². The van der Waals surface area contributed by atoms with E-state index in [1.54, 1.807) is 36.1 Å². The molecule has 0 bridgehead atoms. The van der Waals surface area contributed by atoms with E-state index in [-0.39, 0.29) is 17.3 Å². The Balaban J connectivity index is 1.54. The summed E-state index contributed by atoms with van der Waals surface area (Å²) >= 11 is 7.46. The molecule has 1 unspecified atom stereocenters. The molecule has 0 amide bonds. The van der Waals surface area contributed by atoms with Crippen LogP contribution in [0.1, 0.15) is 16.8 Å². The van der Waals surface area contributed by atoms with E-state index in [0.29, 0.717) is 33.3 Å². The highest BCUT2D eigenvalue weighted by atomic mass is 35.5. The smallest absolute Gasteiger partial charge is 0.273 e. The van der Waals surface area contributed by atoms with Gasteiger partial charge >= 0.3 is 0 Å². The lowest BCUT2D eigenvalue weighted by molar-refractivity contribution is 0.0927. The highest BCUT2D eigenvalue weighted by Gasteiger charge is 2.26. The summed E-state index contributed by atoms with van der Waals surface area (Å²) in [6.07, 6.45) is 2.59. The van der Waals surface area contributed by atoms with Crippen molar-refractivity contribution in [2.24, 2.45) is 5.92 Å². The Kier molecular flexibility index (Phi) is 5.59. The normalized spacial score (nSPS) is 15.9. The summed E-state index contributed by atoms with van der Waals surface area (Å²) in [6.45, 7) is 1.54. The maximum atomic E-state index is 13.3. The molecule has 3 heterocycles. The Morgan fingerprint density at radius 1 is 1.16 bits per heavy atom. The van der Waals surface area contributed by atoms with Gasteiger partial charge in [-0.05, 0) is 54.9 Å². The van der Waals surface area contributed by atoms with Crippen LogP contribution in [0.2, 0.25) is 5.02 Å². The summed E-state index contributed by atoms with van der Waals surface area (Å²) < 4.78 is 7.79. The fourth-order valence-corrected chi connectivity index (χ4v) is 5.34. The molecule has 5 rings (SSSR count). The fourth-order valence-electron chi connectivity index (χ4n) is 4.12. The molecule has 0 radical (unpaired) electrons. The first kappa shape index (κ1) is 20.9. The highest BCUT2D eigenvalue weighted by Crippen LogP contribution is 2.33. The number of hydrogen-bond acceptors (Lipinski definition) is 5. The number of fused-ring (bicyclic) bond motifs is 1. The number of pyridine rings is 1. The van der Waals surface area contributed by atoms with Gasteiger partial charge in [-0.3, -0.25) is 14.2 Å². The number of halogens is 1. The largest absolute Gasteiger partial charge is 0.496 e. The van der Waals surface area contributed by atoms with Gasteiger partial charge in [-0.15, -0.1) is 11.3 Å². The van der Waals surface area contributed by atoms with Gasteiger partial charge in [-0.25, -0.2) is 0 Å². The van der Waals surface area contributed by atoms with E-state index in [0.717, 1.165) is 28.8 Å². The van der Waals surface area contributed by atoms with E-state index >= 15 is 0 Å². The molecule has 7 heteroatoms. The number of carbonyl (C=O) groups excluding carboxylic acids is 1. The monoisotopic (exact) mass is 464 g/mol. The average Bonchev–Trinajstić information content (AvgIpc) is 3.50. The lowest BCUT2D eigenvalue weighted by atomic mass is 9.96. The van der Waals surface area contributed by atoms with Crippen LogP contribution >= 0.6 is 22.9 Å². The third kappa shape index (κ3) is 3.75. The lowest BCUT2D eigenvalue weighted by Gasteiger charge is -2.14. The van der Waals surface area contributed by atoms with E-state index in [4.69, 9.17) is 16.3 Å². The minimum absolute atomic E-state index is 0.0359. The molecule has 32 heavy (non-hydrogen) atoms. The molecule has 4 aromatic rings. The molecular formula is C25H21ClN2O3S. The molecule has 1 fully saturated rings. The van der Waals surface area contributed by atoms with Crippen LogP contribution in [0, 0.1) is 5.92 Å². The third-order valence-electron chi connectivity index (χ3n) is 5.87. The number of ketones is 1. The number of nitrogens with zero attached hydrogens (tertiary/aromatic N) is 1. The Morgan fingerprint density at radius 3 is 2.69 bits per heavy atom. The molecule has 2 aromatic heterocycles. The summed E-state index contributed by atoms with van der Waals surface area (Å²) in [7, 11) is 1.55. The standard InChI is InChI=1S/C25H21ClN2O3S/c1-31-21-13-19(6-7-20(21)23(29)17-8-10-27-14-17)28-11-9-16-12-22(32-24(16)25(28)30)15-2-4-18(26)5-3-15/h2-7,9,11-13,17,27H,8,10,14H2,1H3. The molecule has 0 saturated carbocycles. The molecule has 1 aliphatic rings. The van der Waals surface area contributed by atoms with Crippen LogP contribution in [-0.4, -0.2) is 30.5 Å². The number of aromatic nitrogens is 1. The van der Waals surface area contributed by atoms with Gasteiger partial charge in [0.2, 0.25) is 0 Å². The summed E-state index contributed by atoms with van der Waals surface area (Å²) in [5.41, 5.74) is 2.14. The summed E-state index contributed by atoms with van der Waals surface area (Å²) in [6, 6.07) is 16.9. The summed E-state index contributed by atoms with van der Waals surface area (Å²) in [5, 5.41) is 4.80. The SMILES string of the molecule is COc1cc(-n2ccc3cc(-c4ccc(Cl)cc4)sc3c2=O)ccc1C(=O)C1CCNC1. The van der Waals surface area contributed by atoms with Crippen molar-refractivity contribution in [1.29, 1.82) is 0 Å². The van der Waals surface area contributed by atoms with Crippen molar-refractivity contribution in [1.82, 2.24) is 9.88 Å². The van der Waals surface area contributed by atoms with E-state index in [1.165, 1.54) is 11.3 Å². The van der Waals surface area contributed by atoms with Gasteiger partial charge in [0.1, 0.15) is 10.4 Å². The minimum Gasteiger partial charge on any atom is -0.496 e. The minimum atomic E-state index is -0.103. The van der Waals surface area contributed by atoms with Gasteiger partial charge in [0.05, 0.1) is 18.4 Å². The molecule has 1 atom stereocenters. The second-order valence-electron chi connectivity index (χ2n) is 7.83. The number of Topliss-reactive ketones (excluding diaryl/α,β-unsaturated/α-hetero) is 1. The molecule has 0 aliphatic carbocycles. The van der Waals surface area contributed by atoms with Gasteiger partial charge < -0.3 is 10.1 Å². The molecular weight excluding hydrogens is 444 g/mol. The number of benzene rings is 2. The number of ether oxygens (including phenoxy) is 1. The van der Waals surface area contributed by atoms with Crippen LogP contribution in [0.5, 0.6) is 5.75 Å². The zero-order valence-corrected chi connectivity index (χ0v) is 19.0. The van der Waals surface area contributed by atoms with Crippen molar-refractivity contribution in [2.45, 2.75) is 6.42 Å². The third-order valence-corrected chi connectivity index (χ3v) is 7.31. The van der Waals surface area contributed by atoms with Crippen LogP contribution in [0.4, 0.5) is 0 Å². The number of methoxy groups -OCH3 is 1. The Hall–Kier alpha value is -2.93. The molecule has 162 valence electrons. The molecule has 1 aliphatic heterocycles. The quantitative estimate of drug-likeness (QED) is 0.414. The summed E-state index contributed by atoms with van der Waals surface area (Å²) in [4.78, 5) is 27.2. The van der Waals surface area contributed by atoms with Crippen LogP contribution in [0.3, 0.4) is 0 Å². The van der Waals surface area contributed by atoms with Crippen LogP contribution in [0.15, 0.2) is 65.6 Å². The molecule has 0 spiro atoms. The van der Waals surface area contributed by atoms with Crippen molar-refractivity contribution in [3.05, 3.63) is 81.7 Å². The lowest BCUT2D eigenvalue weighted by Crippen LogP contribution is -2.19. The van der Waals surface area contributed by atoms with Gasteiger partial charge in [0.15, 0.2) is 5.78 Å². The van der Waals surface area contributed by atoms with Crippen LogP contribution in [0.25, 0.3) is 26.2 Å². The van der Waals surface area contributed by atoms with Gasteiger partial charge in [-0.1, -0.05) is 23.7 Å². The van der Waals surface area contributed by atoms with Crippen LogP contribution < -0.4 is 15.6 Å². The predicted molar refractivity (Wildman–Crippen MR) is 130 cm³/mol. The second-order valence-corrected chi connectivity index (χ2v) is 9.32. The average molecular weight is 465 g/mol. The number of rotatable bonds is 5. The topological polar surface area (TPSA) is 60.3 Å². The van der Waals surface area contributed by atoms with E-state index < -0.39 is 0 Å². The second kappa shape index (κ2) is 8.54. The number of hydrogen-bond donors (Lipinski definition) is 1. The zero-order valence-electron chi connectivity index (χ0n) is 17.4. The molecule has 2 aromatic carbocycles.